The van der Waals surface area contributed by atoms with Gasteiger partial charge in [-0.2, -0.15) is 0 Å². The van der Waals surface area contributed by atoms with Gasteiger partial charge < -0.3 is 10.1 Å². The van der Waals surface area contributed by atoms with Gasteiger partial charge >= 0.3 is 5.97 Å². The molecular weight excluding hydrogens is 436 g/mol. The van der Waals surface area contributed by atoms with Crippen molar-refractivity contribution in [3.8, 4) is 0 Å². The van der Waals surface area contributed by atoms with E-state index in [2.05, 4.69) is 26.0 Å². The summed E-state index contributed by atoms with van der Waals surface area (Å²) >= 11 is 9.44. The number of hydrogen-bond acceptors (Lipinski definition) is 5. The van der Waals surface area contributed by atoms with Crippen molar-refractivity contribution < 1.29 is 19.1 Å². The SMILES string of the molecule is COC(=O)c1ccc(CN2C(=O)C(Cl)=C(Nc3cccc(Br)c3)C2=O)cc1. The molecule has 2 amide bonds. The Kier molecular flexibility index (Phi) is 5.62. The summed E-state index contributed by atoms with van der Waals surface area (Å²) in [4.78, 5) is 37.6. The molecular formula is C19H14BrClN2O4. The van der Waals surface area contributed by atoms with E-state index in [1.54, 1.807) is 42.5 Å². The van der Waals surface area contributed by atoms with Crippen LogP contribution in [0.1, 0.15) is 15.9 Å². The third kappa shape index (κ3) is 4.04. The number of anilines is 1. The topological polar surface area (TPSA) is 75.7 Å². The van der Waals surface area contributed by atoms with Crippen LogP contribution in [-0.4, -0.2) is 29.8 Å². The second-order valence-corrected chi connectivity index (χ2v) is 7.00. The second-order valence-electron chi connectivity index (χ2n) is 5.71. The van der Waals surface area contributed by atoms with Crippen molar-refractivity contribution in [3.63, 3.8) is 0 Å². The lowest BCUT2D eigenvalue weighted by molar-refractivity contribution is -0.138. The smallest absolute Gasteiger partial charge is 0.337 e. The van der Waals surface area contributed by atoms with Crippen molar-refractivity contribution in [2.24, 2.45) is 0 Å². The zero-order chi connectivity index (χ0) is 19.6. The monoisotopic (exact) mass is 448 g/mol. The van der Waals surface area contributed by atoms with Gasteiger partial charge in [0, 0.05) is 10.2 Å². The lowest BCUT2D eigenvalue weighted by Crippen LogP contribution is -2.31. The molecule has 138 valence electrons. The summed E-state index contributed by atoms with van der Waals surface area (Å²) in [5.41, 5.74) is 1.72. The number of halogens is 2. The number of amides is 2. The van der Waals surface area contributed by atoms with E-state index in [0.29, 0.717) is 16.8 Å². The summed E-state index contributed by atoms with van der Waals surface area (Å²) < 4.78 is 5.47. The molecule has 1 N–H and O–H groups in total. The Morgan fingerprint density at radius 3 is 2.48 bits per heavy atom. The fraction of sp³-hybridized carbons (Fsp3) is 0.105. The molecule has 1 aliphatic heterocycles. The van der Waals surface area contributed by atoms with E-state index >= 15 is 0 Å². The highest BCUT2D eigenvalue weighted by molar-refractivity contribution is 9.10. The van der Waals surface area contributed by atoms with Gasteiger partial charge in [0.2, 0.25) is 0 Å². The number of imide groups is 1. The molecule has 0 fully saturated rings. The van der Waals surface area contributed by atoms with Crippen LogP contribution in [0.5, 0.6) is 0 Å². The Hall–Kier alpha value is -2.64. The van der Waals surface area contributed by atoms with Gasteiger partial charge in [-0.3, -0.25) is 14.5 Å². The Balaban J connectivity index is 1.76. The van der Waals surface area contributed by atoms with Crippen LogP contribution < -0.4 is 5.32 Å². The van der Waals surface area contributed by atoms with E-state index in [-0.39, 0.29) is 17.3 Å². The van der Waals surface area contributed by atoms with Crippen LogP contribution in [-0.2, 0) is 20.9 Å². The molecule has 1 heterocycles. The van der Waals surface area contributed by atoms with Crippen LogP contribution >= 0.6 is 27.5 Å². The van der Waals surface area contributed by atoms with E-state index in [9.17, 15) is 14.4 Å². The third-order valence-corrected chi connectivity index (χ3v) is 4.77. The first kappa shape index (κ1) is 19.1. The maximum atomic E-state index is 12.7. The van der Waals surface area contributed by atoms with Crippen molar-refractivity contribution in [1.29, 1.82) is 0 Å². The number of nitrogens with zero attached hydrogens (tertiary/aromatic N) is 1. The summed E-state index contributed by atoms with van der Waals surface area (Å²) in [5, 5.41) is 2.74. The van der Waals surface area contributed by atoms with Gasteiger partial charge in [0.15, 0.2) is 0 Å². The van der Waals surface area contributed by atoms with Crippen molar-refractivity contribution in [1.82, 2.24) is 4.90 Å². The zero-order valence-corrected chi connectivity index (χ0v) is 16.5. The summed E-state index contributed by atoms with van der Waals surface area (Å²) in [6, 6.07) is 13.6. The highest BCUT2D eigenvalue weighted by Crippen LogP contribution is 2.28. The van der Waals surface area contributed by atoms with Crippen LogP contribution in [0.25, 0.3) is 0 Å². The van der Waals surface area contributed by atoms with E-state index in [1.165, 1.54) is 7.11 Å². The molecule has 0 aliphatic carbocycles. The number of ether oxygens (including phenoxy) is 1. The Morgan fingerprint density at radius 1 is 1.15 bits per heavy atom. The minimum Gasteiger partial charge on any atom is -0.465 e. The molecule has 0 unspecified atom stereocenters. The number of carbonyl (C=O) groups is 3. The Labute approximate surface area is 168 Å². The summed E-state index contributed by atoms with van der Waals surface area (Å²) in [6.07, 6.45) is 0. The van der Waals surface area contributed by atoms with Gasteiger partial charge in [0.05, 0.1) is 19.2 Å². The first-order valence-electron chi connectivity index (χ1n) is 7.86. The van der Waals surface area contributed by atoms with Crippen molar-refractivity contribution in [3.05, 3.63) is 74.9 Å². The number of carbonyl (C=O) groups excluding carboxylic acids is 3. The molecule has 2 aromatic rings. The minimum absolute atomic E-state index is 0.0333. The Bertz CT molecular complexity index is 956. The molecule has 0 saturated heterocycles. The maximum absolute atomic E-state index is 12.7. The third-order valence-electron chi connectivity index (χ3n) is 3.92. The molecule has 8 heteroatoms. The number of esters is 1. The van der Waals surface area contributed by atoms with Gasteiger partial charge in [-0.25, -0.2) is 4.79 Å². The molecule has 1 aliphatic rings. The van der Waals surface area contributed by atoms with Crippen LogP contribution in [0, 0.1) is 0 Å². The van der Waals surface area contributed by atoms with E-state index in [0.717, 1.165) is 9.37 Å². The predicted octanol–water partition coefficient (Wildman–Crippen LogP) is 3.67. The fourth-order valence-corrected chi connectivity index (χ4v) is 3.19. The molecule has 0 atom stereocenters. The van der Waals surface area contributed by atoms with Crippen molar-refractivity contribution >= 4 is 51.0 Å². The highest BCUT2D eigenvalue weighted by atomic mass is 79.9. The first-order chi connectivity index (χ1) is 12.9. The van der Waals surface area contributed by atoms with Gasteiger partial charge in [-0.05, 0) is 35.9 Å². The van der Waals surface area contributed by atoms with Crippen LogP contribution in [0.4, 0.5) is 5.69 Å². The van der Waals surface area contributed by atoms with Crippen LogP contribution in [0.15, 0.2) is 63.7 Å². The number of hydrogen-bond donors (Lipinski definition) is 1. The average Bonchev–Trinajstić information content (AvgIpc) is 2.86. The van der Waals surface area contributed by atoms with Gasteiger partial charge in [-0.15, -0.1) is 0 Å². The van der Waals surface area contributed by atoms with Gasteiger partial charge in [0.25, 0.3) is 11.8 Å². The normalized spacial score (nSPS) is 14.0. The molecule has 0 saturated carbocycles. The minimum atomic E-state index is -0.573. The Morgan fingerprint density at radius 2 is 1.85 bits per heavy atom. The molecule has 0 aromatic heterocycles. The molecule has 3 rings (SSSR count). The quantitative estimate of drug-likeness (QED) is 0.557. The van der Waals surface area contributed by atoms with Gasteiger partial charge in [-0.1, -0.05) is 45.7 Å². The first-order valence-corrected chi connectivity index (χ1v) is 9.03. The number of rotatable bonds is 5. The largest absolute Gasteiger partial charge is 0.465 e. The molecule has 0 radical (unpaired) electrons. The standard InChI is InChI=1S/C19H14BrClN2O4/c1-27-19(26)12-7-5-11(6-8-12)10-23-17(24)15(21)16(18(23)25)22-14-4-2-3-13(20)9-14/h2-9,22H,10H2,1H3. The molecule has 0 bridgehead atoms. The van der Waals surface area contributed by atoms with Crippen molar-refractivity contribution in [2.45, 2.75) is 6.54 Å². The highest BCUT2D eigenvalue weighted by Gasteiger charge is 2.37. The summed E-state index contributed by atoms with van der Waals surface area (Å²) in [6.45, 7) is 0.0407. The van der Waals surface area contributed by atoms with E-state index in [4.69, 9.17) is 11.6 Å². The summed E-state index contributed by atoms with van der Waals surface area (Å²) in [7, 11) is 1.30. The molecule has 0 spiro atoms. The second kappa shape index (κ2) is 7.94. The molecule has 6 nitrogen and oxygen atoms in total. The molecule has 27 heavy (non-hydrogen) atoms. The summed E-state index contributed by atoms with van der Waals surface area (Å²) in [5.74, 6) is -1.54. The van der Waals surface area contributed by atoms with Crippen LogP contribution in [0.2, 0.25) is 0 Å². The number of nitrogens with one attached hydrogen (secondary N) is 1. The predicted molar refractivity (Wildman–Crippen MR) is 104 cm³/mol. The van der Waals surface area contributed by atoms with E-state index in [1.807, 2.05) is 6.07 Å². The zero-order valence-electron chi connectivity index (χ0n) is 14.2. The number of benzene rings is 2. The lowest BCUT2D eigenvalue weighted by Gasteiger charge is -2.15. The number of methoxy groups -OCH3 is 1. The average molecular weight is 450 g/mol. The van der Waals surface area contributed by atoms with Crippen LogP contribution in [0.3, 0.4) is 0 Å². The van der Waals surface area contributed by atoms with E-state index < -0.39 is 17.8 Å². The lowest BCUT2D eigenvalue weighted by atomic mass is 10.1. The molecule has 2 aromatic carbocycles. The van der Waals surface area contributed by atoms with Gasteiger partial charge in [0.1, 0.15) is 10.7 Å². The maximum Gasteiger partial charge on any atom is 0.337 e. The van der Waals surface area contributed by atoms with Crippen molar-refractivity contribution in [2.75, 3.05) is 12.4 Å². The fourth-order valence-electron chi connectivity index (χ4n) is 2.56.